The number of halogens is 1. The molecule has 204 valence electrons. The predicted octanol–water partition coefficient (Wildman–Crippen LogP) is 4.31. The minimum Gasteiger partial charge on any atom is -0.497 e. The highest BCUT2D eigenvalue weighted by atomic mass is 35.5. The standard InChI is InChI=1S/C27H28ClN5O4S2/c1-37-19-9-11-20(12-10-19)39(35,36)31-23-7-3-2-5-21(23)26(34)29-13-14-32-15-17-33(18-16-32)27-30-25-22(28)6-4-8-24(25)38-27/h2-12,31H,13-18H2,1H3,(H,29,34). The molecule has 3 aromatic carbocycles. The third-order valence-corrected chi connectivity index (χ3v) is 9.27. The lowest BCUT2D eigenvalue weighted by Crippen LogP contribution is -2.48. The molecule has 4 aromatic rings. The highest BCUT2D eigenvalue weighted by Crippen LogP contribution is 2.33. The van der Waals surface area contributed by atoms with Gasteiger partial charge in [0.15, 0.2) is 5.13 Å². The molecule has 0 atom stereocenters. The third kappa shape index (κ3) is 6.27. The van der Waals surface area contributed by atoms with E-state index >= 15 is 0 Å². The number of piperazine rings is 1. The number of benzene rings is 3. The van der Waals surface area contributed by atoms with Crippen molar-refractivity contribution in [2.75, 3.05) is 56.0 Å². The number of fused-ring (bicyclic) bond motifs is 1. The fourth-order valence-electron chi connectivity index (χ4n) is 4.35. The summed E-state index contributed by atoms with van der Waals surface area (Å²) in [7, 11) is -2.37. The average molecular weight is 586 g/mol. The van der Waals surface area contributed by atoms with Crippen LogP contribution in [0.3, 0.4) is 0 Å². The van der Waals surface area contributed by atoms with Crippen molar-refractivity contribution < 1.29 is 17.9 Å². The van der Waals surface area contributed by atoms with Crippen molar-refractivity contribution in [1.82, 2.24) is 15.2 Å². The van der Waals surface area contributed by atoms with E-state index in [1.807, 2.05) is 18.2 Å². The maximum atomic E-state index is 13.0. The smallest absolute Gasteiger partial charge is 0.261 e. The van der Waals surface area contributed by atoms with Crippen molar-refractivity contribution in [3.8, 4) is 5.75 Å². The van der Waals surface area contributed by atoms with Gasteiger partial charge in [0.2, 0.25) is 0 Å². The monoisotopic (exact) mass is 585 g/mol. The highest BCUT2D eigenvalue weighted by molar-refractivity contribution is 7.92. The molecule has 1 aromatic heterocycles. The average Bonchev–Trinajstić information content (AvgIpc) is 3.39. The number of para-hydroxylation sites is 2. The van der Waals surface area contributed by atoms with Crippen LogP contribution < -0.4 is 19.7 Å². The number of sulfonamides is 1. The summed E-state index contributed by atoms with van der Waals surface area (Å²) >= 11 is 7.93. The molecule has 1 saturated heterocycles. The summed E-state index contributed by atoms with van der Waals surface area (Å²) in [5, 5.41) is 4.56. The molecular formula is C27H28ClN5O4S2. The van der Waals surface area contributed by atoms with E-state index in [2.05, 4.69) is 19.8 Å². The first-order valence-corrected chi connectivity index (χ1v) is 15.1. The van der Waals surface area contributed by atoms with Crippen LogP contribution in [0.2, 0.25) is 5.02 Å². The molecular weight excluding hydrogens is 558 g/mol. The van der Waals surface area contributed by atoms with Gasteiger partial charge in [0.25, 0.3) is 15.9 Å². The Kier molecular flexibility index (Phi) is 8.22. The number of methoxy groups -OCH3 is 1. The number of anilines is 2. The third-order valence-electron chi connectivity index (χ3n) is 6.50. The molecule has 0 aliphatic carbocycles. The van der Waals surface area contributed by atoms with Gasteiger partial charge in [-0.05, 0) is 48.5 Å². The zero-order valence-corrected chi connectivity index (χ0v) is 23.7. The Morgan fingerprint density at radius 2 is 1.77 bits per heavy atom. The summed E-state index contributed by atoms with van der Waals surface area (Å²) in [4.78, 5) is 22.3. The number of nitrogens with one attached hydrogen (secondary N) is 2. The Morgan fingerprint density at radius 1 is 1.03 bits per heavy atom. The Labute approximate surface area is 236 Å². The number of rotatable bonds is 9. The Hall–Kier alpha value is -3.38. The number of amides is 1. The van der Waals surface area contributed by atoms with Crippen LogP contribution in [0.5, 0.6) is 5.75 Å². The van der Waals surface area contributed by atoms with E-state index < -0.39 is 10.0 Å². The second-order valence-electron chi connectivity index (χ2n) is 8.99. The first-order valence-electron chi connectivity index (χ1n) is 12.4. The second kappa shape index (κ2) is 11.8. The predicted molar refractivity (Wildman–Crippen MR) is 156 cm³/mol. The summed E-state index contributed by atoms with van der Waals surface area (Å²) in [6.07, 6.45) is 0. The number of aromatic nitrogens is 1. The van der Waals surface area contributed by atoms with Gasteiger partial charge < -0.3 is 15.0 Å². The van der Waals surface area contributed by atoms with Crippen LogP contribution >= 0.6 is 22.9 Å². The summed E-state index contributed by atoms with van der Waals surface area (Å²) in [5.74, 6) is 0.213. The van der Waals surface area contributed by atoms with Crippen LogP contribution in [-0.4, -0.2) is 70.6 Å². The van der Waals surface area contributed by atoms with Gasteiger partial charge >= 0.3 is 0 Å². The van der Waals surface area contributed by atoms with E-state index in [-0.39, 0.29) is 22.1 Å². The molecule has 2 heterocycles. The molecule has 1 fully saturated rings. The van der Waals surface area contributed by atoms with Crippen molar-refractivity contribution >= 4 is 59.9 Å². The van der Waals surface area contributed by atoms with Gasteiger partial charge in [0.1, 0.15) is 11.3 Å². The Bertz CT molecular complexity index is 1570. The molecule has 9 nitrogen and oxygen atoms in total. The van der Waals surface area contributed by atoms with Crippen molar-refractivity contribution in [1.29, 1.82) is 0 Å². The van der Waals surface area contributed by atoms with Crippen LogP contribution in [0.4, 0.5) is 10.8 Å². The molecule has 0 unspecified atom stereocenters. The van der Waals surface area contributed by atoms with Gasteiger partial charge in [-0.25, -0.2) is 13.4 Å². The van der Waals surface area contributed by atoms with Crippen LogP contribution in [0.25, 0.3) is 10.2 Å². The number of ether oxygens (including phenoxy) is 1. The SMILES string of the molecule is COc1ccc(S(=O)(=O)Nc2ccccc2C(=O)NCCN2CCN(c3nc4c(Cl)cccc4s3)CC2)cc1. The van der Waals surface area contributed by atoms with Gasteiger partial charge in [-0.1, -0.05) is 41.1 Å². The fraction of sp³-hybridized carbons (Fsp3) is 0.259. The molecule has 1 aliphatic rings. The lowest BCUT2D eigenvalue weighted by atomic mass is 10.1. The Morgan fingerprint density at radius 3 is 2.49 bits per heavy atom. The molecule has 0 saturated carbocycles. The lowest BCUT2D eigenvalue weighted by Gasteiger charge is -2.34. The number of hydrogen-bond donors (Lipinski definition) is 2. The van der Waals surface area contributed by atoms with E-state index in [0.29, 0.717) is 23.9 Å². The molecule has 12 heteroatoms. The molecule has 1 amide bonds. The minimum atomic E-state index is -3.88. The number of carbonyl (C=O) groups excluding carboxylic acids is 1. The van der Waals surface area contributed by atoms with Gasteiger partial charge in [-0.15, -0.1) is 0 Å². The first-order chi connectivity index (χ1) is 18.8. The topological polar surface area (TPSA) is 104 Å². The largest absolute Gasteiger partial charge is 0.497 e. The quantitative estimate of drug-likeness (QED) is 0.302. The van der Waals surface area contributed by atoms with E-state index in [4.69, 9.17) is 21.3 Å². The molecule has 0 spiro atoms. The van der Waals surface area contributed by atoms with Crippen molar-refractivity contribution in [3.05, 3.63) is 77.3 Å². The number of thiazole rings is 1. The van der Waals surface area contributed by atoms with Crippen molar-refractivity contribution in [2.24, 2.45) is 0 Å². The minimum absolute atomic E-state index is 0.0756. The molecule has 39 heavy (non-hydrogen) atoms. The normalized spacial score (nSPS) is 14.4. The second-order valence-corrected chi connectivity index (χ2v) is 12.1. The lowest BCUT2D eigenvalue weighted by molar-refractivity contribution is 0.0948. The number of nitrogens with zero attached hydrogens (tertiary/aromatic N) is 3. The zero-order chi connectivity index (χ0) is 27.4. The van der Waals surface area contributed by atoms with Crippen LogP contribution in [0.15, 0.2) is 71.6 Å². The van der Waals surface area contributed by atoms with Gasteiger partial charge in [0.05, 0.1) is 33.0 Å². The summed E-state index contributed by atoms with van der Waals surface area (Å²) in [6.45, 7) is 4.48. The summed E-state index contributed by atoms with van der Waals surface area (Å²) in [5.41, 5.74) is 1.32. The van der Waals surface area contributed by atoms with Crippen molar-refractivity contribution in [2.45, 2.75) is 4.90 Å². The van der Waals surface area contributed by atoms with E-state index in [0.717, 1.165) is 41.5 Å². The zero-order valence-electron chi connectivity index (χ0n) is 21.3. The number of carbonyl (C=O) groups is 1. The summed E-state index contributed by atoms with van der Waals surface area (Å²) < 4.78 is 34.5. The maximum absolute atomic E-state index is 13.0. The molecule has 1 aliphatic heterocycles. The molecule has 2 N–H and O–H groups in total. The van der Waals surface area contributed by atoms with Gasteiger partial charge in [0, 0.05) is 39.3 Å². The summed E-state index contributed by atoms with van der Waals surface area (Å²) in [6, 6.07) is 18.4. The van der Waals surface area contributed by atoms with E-state index in [1.54, 1.807) is 47.7 Å². The fourth-order valence-corrected chi connectivity index (χ4v) is 6.75. The van der Waals surface area contributed by atoms with Crippen LogP contribution in [0, 0.1) is 0 Å². The first kappa shape index (κ1) is 27.2. The van der Waals surface area contributed by atoms with Crippen LogP contribution in [0.1, 0.15) is 10.4 Å². The number of hydrogen-bond acceptors (Lipinski definition) is 8. The van der Waals surface area contributed by atoms with Crippen LogP contribution in [-0.2, 0) is 10.0 Å². The molecule has 0 bridgehead atoms. The van der Waals surface area contributed by atoms with E-state index in [1.165, 1.54) is 19.2 Å². The highest BCUT2D eigenvalue weighted by Gasteiger charge is 2.22. The molecule has 5 rings (SSSR count). The van der Waals surface area contributed by atoms with Crippen molar-refractivity contribution in [3.63, 3.8) is 0 Å². The molecule has 0 radical (unpaired) electrons. The maximum Gasteiger partial charge on any atom is 0.261 e. The van der Waals surface area contributed by atoms with E-state index in [9.17, 15) is 13.2 Å². The van der Waals surface area contributed by atoms with Gasteiger partial charge in [-0.3, -0.25) is 14.4 Å². The Balaban J connectivity index is 1.14. The van der Waals surface area contributed by atoms with Gasteiger partial charge in [-0.2, -0.15) is 0 Å².